The molecule has 2 aromatic carbocycles. The maximum absolute atomic E-state index is 14.7. The summed E-state index contributed by atoms with van der Waals surface area (Å²) in [6, 6.07) is 15.6. The smallest absolute Gasteiger partial charge is 0.146 e. The van der Waals surface area contributed by atoms with E-state index in [1.54, 1.807) is 6.07 Å². The molecule has 0 spiro atoms. The normalized spacial score (nSPS) is 15.2. The number of benzene rings is 2. The molecule has 0 saturated carbocycles. The van der Waals surface area contributed by atoms with Crippen LogP contribution < -0.4 is 10.2 Å². The number of nitrogens with zero attached hydrogens (tertiary/aromatic N) is 2. The van der Waals surface area contributed by atoms with Crippen molar-refractivity contribution in [2.24, 2.45) is 0 Å². The van der Waals surface area contributed by atoms with E-state index in [9.17, 15) is 9.50 Å². The maximum atomic E-state index is 14.7. The number of pyridine rings is 1. The minimum atomic E-state index is -0.258. The lowest BCUT2D eigenvalue weighted by Gasteiger charge is -2.31. The second-order valence-electron chi connectivity index (χ2n) is 7.39. The number of piperidine rings is 1. The van der Waals surface area contributed by atoms with E-state index in [1.807, 2.05) is 35.2 Å². The molecule has 146 valence electrons. The molecule has 1 aromatic heterocycles. The van der Waals surface area contributed by atoms with Gasteiger partial charge in [0.15, 0.2) is 0 Å². The summed E-state index contributed by atoms with van der Waals surface area (Å²) in [4.78, 5) is 6.69. The number of para-hydroxylation sites is 1. The molecule has 1 saturated heterocycles. The van der Waals surface area contributed by atoms with Gasteiger partial charge in [-0.1, -0.05) is 31.2 Å². The van der Waals surface area contributed by atoms with Crippen molar-refractivity contribution in [3.05, 3.63) is 65.6 Å². The lowest BCUT2D eigenvalue weighted by Crippen LogP contribution is -2.36. The highest BCUT2D eigenvalue weighted by atomic mass is 19.1. The Morgan fingerprint density at radius 3 is 2.68 bits per heavy atom. The van der Waals surface area contributed by atoms with Gasteiger partial charge in [-0.05, 0) is 49.1 Å². The minimum absolute atomic E-state index is 0.204. The first-order valence-electron chi connectivity index (χ1n) is 9.98. The Kier molecular flexibility index (Phi) is 5.44. The van der Waals surface area contributed by atoms with E-state index in [-0.39, 0.29) is 11.9 Å². The number of nitrogens with one attached hydrogen (secondary N) is 1. The van der Waals surface area contributed by atoms with Gasteiger partial charge in [0.25, 0.3) is 0 Å². The van der Waals surface area contributed by atoms with Crippen LogP contribution in [0.1, 0.15) is 31.0 Å². The van der Waals surface area contributed by atoms with Crippen LogP contribution in [0.25, 0.3) is 10.9 Å². The zero-order chi connectivity index (χ0) is 19.5. The summed E-state index contributed by atoms with van der Waals surface area (Å²) >= 11 is 0. The third-order valence-electron chi connectivity index (χ3n) is 5.43. The number of aryl methyl sites for hydroxylation is 1. The molecule has 2 heterocycles. The highest BCUT2D eigenvalue weighted by Gasteiger charge is 2.19. The van der Waals surface area contributed by atoms with Gasteiger partial charge in [-0.3, -0.25) is 4.98 Å². The van der Waals surface area contributed by atoms with Gasteiger partial charge in [-0.2, -0.15) is 0 Å². The van der Waals surface area contributed by atoms with E-state index < -0.39 is 0 Å². The van der Waals surface area contributed by atoms with Crippen LogP contribution in [0.2, 0.25) is 0 Å². The SMILES string of the molecule is CCc1cc(NCc2ccc(N3CCC(O)CC3)c(F)c2)c2ccccc2n1. The van der Waals surface area contributed by atoms with Crippen molar-refractivity contribution >= 4 is 22.3 Å². The number of aliphatic hydroxyl groups excluding tert-OH is 1. The molecule has 1 aliphatic heterocycles. The molecule has 2 N–H and O–H groups in total. The van der Waals surface area contributed by atoms with E-state index >= 15 is 0 Å². The van der Waals surface area contributed by atoms with E-state index in [1.165, 1.54) is 0 Å². The molecule has 5 heteroatoms. The highest BCUT2D eigenvalue weighted by Crippen LogP contribution is 2.26. The number of halogens is 1. The minimum Gasteiger partial charge on any atom is -0.393 e. The van der Waals surface area contributed by atoms with Gasteiger partial charge in [0.1, 0.15) is 5.82 Å². The molecule has 1 fully saturated rings. The molecule has 0 amide bonds. The van der Waals surface area contributed by atoms with Gasteiger partial charge in [0.2, 0.25) is 0 Å². The Balaban J connectivity index is 1.51. The lowest BCUT2D eigenvalue weighted by atomic mass is 10.1. The van der Waals surface area contributed by atoms with Crippen molar-refractivity contribution in [3.8, 4) is 0 Å². The van der Waals surface area contributed by atoms with Gasteiger partial charge in [0, 0.05) is 36.4 Å². The van der Waals surface area contributed by atoms with Gasteiger partial charge in [0.05, 0.1) is 17.3 Å². The number of anilines is 2. The van der Waals surface area contributed by atoms with Crippen molar-refractivity contribution in [2.75, 3.05) is 23.3 Å². The number of rotatable bonds is 5. The first-order valence-corrected chi connectivity index (χ1v) is 9.98. The molecule has 0 bridgehead atoms. The van der Waals surface area contributed by atoms with Crippen molar-refractivity contribution in [2.45, 2.75) is 38.8 Å². The van der Waals surface area contributed by atoms with Crippen molar-refractivity contribution in [3.63, 3.8) is 0 Å². The molecule has 4 rings (SSSR count). The summed E-state index contributed by atoms with van der Waals surface area (Å²) in [5.41, 5.74) is 4.56. The largest absolute Gasteiger partial charge is 0.393 e. The van der Waals surface area contributed by atoms with Crippen LogP contribution in [-0.4, -0.2) is 29.3 Å². The molecule has 0 radical (unpaired) electrons. The fraction of sp³-hybridized carbons (Fsp3) is 0.348. The average molecular weight is 379 g/mol. The summed E-state index contributed by atoms with van der Waals surface area (Å²) in [5.74, 6) is -0.204. The van der Waals surface area contributed by atoms with E-state index in [4.69, 9.17) is 0 Å². The highest BCUT2D eigenvalue weighted by molar-refractivity contribution is 5.91. The molecule has 1 aliphatic rings. The topological polar surface area (TPSA) is 48.4 Å². The summed E-state index contributed by atoms with van der Waals surface area (Å²) in [6.45, 7) is 4.03. The molecular weight excluding hydrogens is 353 g/mol. The van der Waals surface area contributed by atoms with Crippen molar-refractivity contribution in [1.29, 1.82) is 0 Å². The predicted molar refractivity (Wildman–Crippen MR) is 112 cm³/mol. The van der Waals surface area contributed by atoms with E-state index in [0.717, 1.165) is 34.3 Å². The summed E-state index contributed by atoms with van der Waals surface area (Å²) in [5, 5.41) is 14.2. The Labute approximate surface area is 165 Å². The number of aromatic nitrogens is 1. The Hall–Kier alpha value is -2.66. The maximum Gasteiger partial charge on any atom is 0.146 e. The number of fused-ring (bicyclic) bond motifs is 1. The number of hydrogen-bond donors (Lipinski definition) is 2. The fourth-order valence-electron chi connectivity index (χ4n) is 3.78. The molecule has 0 unspecified atom stereocenters. The lowest BCUT2D eigenvalue weighted by molar-refractivity contribution is 0.145. The zero-order valence-electron chi connectivity index (χ0n) is 16.2. The van der Waals surface area contributed by atoms with Crippen LogP contribution in [-0.2, 0) is 13.0 Å². The molecular formula is C23H26FN3O. The monoisotopic (exact) mass is 379 g/mol. The molecule has 28 heavy (non-hydrogen) atoms. The van der Waals surface area contributed by atoms with Gasteiger partial charge >= 0.3 is 0 Å². The van der Waals surface area contributed by atoms with Crippen LogP contribution in [0.15, 0.2) is 48.5 Å². The molecule has 0 atom stereocenters. The van der Waals surface area contributed by atoms with Crippen LogP contribution in [0.4, 0.5) is 15.8 Å². The van der Waals surface area contributed by atoms with Crippen molar-refractivity contribution in [1.82, 2.24) is 4.98 Å². The quantitative estimate of drug-likeness (QED) is 0.685. The van der Waals surface area contributed by atoms with Crippen LogP contribution in [0.5, 0.6) is 0 Å². The average Bonchev–Trinajstić information content (AvgIpc) is 2.72. The van der Waals surface area contributed by atoms with Crippen LogP contribution in [0.3, 0.4) is 0 Å². The Bertz CT molecular complexity index is 967. The fourth-order valence-corrected chi connectivity index (χ4v) is 3.78. The first-order chi connectivity index (χ1) is 13.6. The second-order valence-corrected chi connectivity index (χ2v) is 7.39. The summed E-state index contributed by atoms with van der Waals surface area (Å²) in [6.07, 6.45) is 1.99. The van der Waals surface area contributed by atoms with Crippen LogP contribution in [0, 0.1) is 5.82 Å². The van der Waals surface area contributed by atoms with Crippen molar-refractivity contribution < 1.29 is 9.50 Å². The number of aliphatic hydroxyl groups is 1. The van der Waals surface area contributed by atoms with Gasteiger partial charge in [-0.25, -0.2) is 4.39 Å². The third kappa shape index (κ3) is 3.94. The predicted octanol–water partition coefficient (Wildman–Crippen LogP) is 4.51. The van der Waals surface area contributed by atoms with Crippen LogP contribution >= 0.6 is 0 Å². The summed E-state index contributed by atoms with van der Waals surface area (Å²) < 4.78 is 14.7. The number of hydrogen-bond acceptors (Lipinski definition) is 4. The molecule has 4 nitrogen and oxygen atoms in total. The van der Waals surface area contributed by atoms with E-state index in [2.05, 4.69) is 29.4 Å². The Morgan fingerprint density at radius 2 is 1.93 bits per heavy atom. The Morgan fingerprint density at radius 1 is 1.14 bits per heavy atom. The second kappa shape index (κ2) is 8.15. The zero-order valence-corrected chi connectivity index (χ0v) is 16.2. The standard InChI is InChI=1S/C23H26FN3O/c1-2-17-14-22(19-5-3-4-6-21(19)26-17)25-15-16-7-8-23(20(24)13-16)27-11-9-18(28)10-12-27/h3-8,13-14,18,28H,2,9-12,15H2,1H3,(H,25,26). The summed E-state index contributed by atoms with van der Waals surface area (Å²) in [7, 11) is 0. The molecule has 3 aromatic rings. The first kappa shape index (κ1) is 18.7. The third-order valence-corrected chi connectivity index (χ3v) is 5.43. The molecule has 0 aliphatic carbocycles. The van der Waals surface area contributed by atoms with Gasteiger partial charge < -0.3 is 15.3 Å². The van der Waals surface area contributed by atoms with Gasteiger partial charge in [-0.15, -0.1) is 0 Å². The van der Waals surface area contributed by atoms with E-state index in [0.29, 0.717) is 38.2 Å².